The first-order chi connectivity index (χ1) is 15.3. The third-order valence-corrected chi connectivity index (χ3v) is 5.83. The van der Waals surface area contributed by atoms with Gasteiger partial charge in [-0.05, 0) is 42.6 Å². The molecule has 1 saturated heterocycles. The van der Waals surface area contributed by atoms with Gasteiger partial charge >= 0.3 is 0 Å². The van der Waals surface area contributed by atoms with E-state index in [4.69, 9.17) is 4.74 Å². The second-order valence-electron chi connectivity index (χ2n) is 7.95. The van der Waals surface area contributed by atoms with Gasteiger partial charge in [-0.15, -0.1) is 24.0 Å². The average Bonchev–Trinajstić information content (AvgIpc) is 3.29. The van der Waals surface area contributed by atoms with Gasteiger partial charge in [-0.25, -0.2) is 9.97 Å². The Balaban J connectivity index is 0.00000289. The average molecular weight is 551 g/mol. The number of aromatic nitrogens is 2. The number of piperazine rings is 1. The molecule has 0 unspecified atom stereocenters. The number of halogens is 1. The summed E-state index contributed by atoms with van der Waals surface area (Å²) in [6.45, 7) is 7.75. The molecule has 2 N–H and O–H groups in total. The molecular formula is C23H34IN7O. The summed E-state index contributed by atoms with van der Waals surface area (Å²) in [5.74, 6) is 2.76. The molecule has 2 aromatic rings. The van der Waals surface area contributed by atoms with E-state index in [-0.39, 0.29) is 24.0 Å². The van der Waals surface area contributed by atoms with Crippen molar-refractivity contribution in [3.63, 3.8) is 0 Å². The van der Waals surface area contributed by atoms with Crippen LogP contribution in [0.15, 0.2) is 41.7 Å². The van der Waals surface area contributed by atoms with Crippen LogP contribution >= 0.6 is 24.0 Å². The van der Waals surface area contributed by atoms with E-state index in [1.54, 1.807) is 0 Å². The first-order valence-corrected chi connectivity index (χ1v) is 11.3. The molecule has 2 aliphatic rings. The summed E-state index contributed by atoms with van der Waals surface area (Å²) >= 11 is 0. The van der Waals surface area contributed by atoms with E-state index in [0.29, 0.717) is 0 Å². The molecule has 2 aliphatic heterocycles. The number of benzene rings is 1. The van der Waals surface area contributed by atoms with Crippen LogP contribution in [0, 0.1) is 0 Å². The lowest BCUT2D eigenvalue weighted by atomic mass is 10.1. The number of hydrogen-bond acceptors (Lipinski definition) is 6. The number of fused-ring (bicyclic) bond motifs is 1. The standard InChI is InChI=1S/C23H33N7O.HI/c1-24-22(26-11-6-19-4-5-21-20(18-19)7-17-31-21)25-10-3-12-29-13-15-30(16-14-29)23-27-8-2-9-28-23;/h2,4-5,8-9,18H,3,6-7,10-17H2,1H3,(H2,24,25,26);1H. The summed E-state index contributed by atoms with van der Waals surface area (Å²) in [6.07, 6.45) is 6.70. The number of rotatable bonds is 8. The second kappa shape index (κ2) is 12.8. The zero-order valence-corrected chi connectivity index (χ0v) is 21.1. The monoisotopic (exact) mass is 551 g/mol. The Labute approximate surface area is 207 Å². The molecule has 32 heavy (non-hydrogen) atoms. The molecule has 3 heterocycles. The highest BCUT2D eigenvalue weighted by atomic mass is 127. The van der Waals surface area contributed by atoms with E-state index >= 15 is 0 Å². The highest BCUT2D eigenvalue weighted by molar-refractivity contribution is 14.0. The van der Waals surface area contributed by atoms with E-state index in [9.17, 15) is 0 Å². The molecule has 0 spiro atoms. The Morgan fingerprint density at radius 1 is 1.09 bits per heavy atom. The van der Waals surface area contributed by atoms with Gasteiger partial charge in [-0.3, -0.25) is 9.89 Å². The maximum atomic E-state index is 5.58. The van der Waals surface area contributed by atoms with Crippen molar-refractivity contribution in [3.8, 4) is 5.75 Å². The number of aliphatic imine (C=N–C) groups is 1. The lowest BCUT2D eigenvalue weighted by molar-refractivity contribution is 0.254. The molecule has 0 aliphatic carbocycles. The molecule has 1 aromatic carbocycles. The summed E-state index contributed by atoms with van der Waals surface area (Å²) in [4.78, 5) is 17.8. The van der Waals surface area contributed by atoms with E-state index < -0.39 is 0 Å². The van der Waals surface area contributed by atoms with Crippen LogP contribution in [0.1, 0.15) is 17.5 Å². The topological polar surface area (TPSA) is 77.9 Å². The fraction of sp³-hybridized carbons (Fsp3) is 0.522. The summed E-state index contributed by atoms with van der Waals surface area (Å²) < 4.78 is 5.58. The second-order valence-corrected chi connectivity index (χ2v) is 7.95. The van der Waals surface area contributed by atoms with Crippen molar-refractivity contribution in [2.24, 2.45) is 4.99 Å². The maximum absolute atomic E-state index is 5.58. The van der Waals surface area contributed by atoms with Crippen LogP contribution in [0.5, 0.6) is 5.75 Å². The summed E-state index contributed by atoms with van der Waals surface area (Å²) in [5, 5.41) is 6.85. The maximum Gasteiger partial charge on any atom is 0.225 e. The van der Waals surface area contributed by atoms with Gasteiger partial charge in [-0.2, -0.15) is 0 Å². The van der Waals surface area contributed by atoms with E-state index in [1.165, 1.54) is 11.1 Å². The van der Waals surface area contributed by atoms with Crippen LogP contribution in [0.25, 0.3) is 0 Å². The molecule has 9 heteroatoms. The minimum atomic E-state index is 0. The summed E-state index contributed by atoms with van der Waals surface area (Å²) in [5.41, 5.74) is 2.67. The molecule has 0 atom stereocenters. The van der Waals surface area contributed by atoms with Crippen molar-refractivity contribution in [2.75, 3.05) is 64.4 Å². The normalized spacial score (nSPS) is 16.2. The number of nitrogens with one attached hydrogen (secondary N) is 2. The van der Waals surface area contributed by atoms with Gasteiger partial charge < -0.3 is 20.3 Å². The van der Waals surface area contributed by atoms with Crippen LogP contribution in [-0.2, 0) is 12.8 Å². The zero-order chi connectivity index (χ0) is 21.3. The third kappa shape index (κ3) is 6.93. The number of hydrogen-bond donors (Lipinski definition) is 2. The predicted octanol–water partition coefficient (Wildman–Crippen LogP) is 1.95. The van der Waals surface area contributed by atoms with Crippen molar-refractivity contribution in [2.45, 2.75) is 19.3 Å². The molecular weight excluding hydrogens is 517 g/mol. The summed E-state index contributed by atoms with van der Waals surface area (Å²) in [7, 11) is 1.83. The lowest BCUT2D eigenvalue weighted by Gasteiger charge is -2.34. The van der Waals surface area contributed by atoms with Crippen LogP contribution in [-0.4, -0.2) is 80.3 Å². The Morgan fingerprint density at radius 2 is 1.88 bits per heavy atom. The molecule has 0 saturated carbocycles. The minimum absolute atomic E-state index is 0. The Kier molecular flexibility index (Phi) is 9.79. The van der Waals surface area contributed by atoms with Crippen LogP contribution in [0.2, 0.25) is 0 Å². The molecule has 0 bridgehead atoms. The Hall–Kier alpha value is -2.14. The molecule has 0 radical (unpaired) electrons. The van der Waals surface area contributed by atoms with Crippen molar-refractivity contribution >= 4 is 35.9 Å². The SMILES string of the molecule is CN=C(NCCCN1CCN(c2ncccn2)CC1)NCCc1ccc2c(c1)CCO2.I. The fourth-order valence-electron chi connectivity index (χ4n) is 4.08. The van der Waals surface area contributed by atoms with Gasteiger partial charge in [0.05, 0.1) is 6.61 Å². The van der Waals surface area contributed by atoms with Crippen molar-refractivity contribution < 1.29 is 4.74 Å². The lowest BCUT2D eigenvalue weighted by Crippen LogP contribution is -2.47. The first kappa shape index (κ1) is 24.5. The molecule has 0 amide bonds. The highest BCUT2D eigenvalue weighted by Gasteiger charge is 2.18. The van der Waals surface area contributed by atoms with Gasteiger partial charge in [0.2, 0.25) is 5.95 Å². The molecule has 4 rings (SSSR count). The summed E-state index contributed by atoms with van der Waals surface area (Å²) in [6, 6.07) is 8.38. The van der Waals surface area contributed by atoms with Gasteiger partial charge in [0.25, 0.3) is 0 Å². The number of guanidine groups is 1. The van der Waals surface area contributed by atoms with Gasteiger partial charge in [-0.1, -0.05) is 12.1 Å². The van der Waals surface area contributed by atoms with Crippen molar-refractivity contribution in [1.29, 1.82) is 0 Å². The zero-order valence-electron chi connectivity index (χ0n) is 18.8. The molecule has 1 fully saturated rings. The highest BCUT2D eigenvalue weighted by Crippen LogP contribution is 2.25. The van der Waals surface area contributed by atoms with Crippen LogP contribution < -0.4 is 20.3 Å². The Bertz CT molecular complexity index is 857. The molecule has 174 valence electrons. The van der Waals surface area contributed by atoms with Gasteiger partial charge in [0, 0.05) is 65.1 Å². The Morgan fingerprint density at radius 3 is 2.66 bits per heavy atom. The molecule has 1 aromatic heterocycles. The van der Waals surface area contributed by atoms with E-state index in [0.717, 1.165) is 89.3 Å². The number of ether oxygens (including phenoxy) is 1. The smallest absolute Gasteiger partial charge is 0.225 e. The van der Waals surface area contributed by atoms with E-state index in [2.05, 4.69) is 53.6 Å². The fourth-order valence-corrected chi connectivity index (χ4v) is 4.08. The third-order valence-electron chi connectivity index (χ3n) is 5.83. The van der Waals surface area contributed by atoms with Crippen molar-refractivity contribution in [1.82, 2.24) is 25.5 Å². The number of anilines is 1. The van der Waals surface area contributed by atoms with E-state index in [1.807, 2.05) is 25.5 Å². The molecule has 8 nitrogen and oxygen atoms in total. The quantitative estimate of drug-likeness (QED) is 0.225. The van der Waals surface area contributed by atoms with Crippen LogP contribution in [0.3, 0.4) is 0 Å². The minimum Gasteiger partial charge on any atom is -0.493 e. The van der Waals surface area contributed by atoms with Gasteiger partial charge in [0.1, 0.15) is 5.75 Å². The van der Waals surface area contributed by atoms with Gasteiger partial charge in [0.15, 0.2) is 5.96 Å². The largest absolute Gasteiger partial charge is 0.493 e. The van der Waals surface area contributed by atoms with Crippen molar-refractivity contribution in [3.05, 3.63) is 47.8 Å². The number of nitrogens with zero attached hydrogens (tertiary/aromatic N) is 5. The first-order valence-electron chi connectivity index (χ1n) is 11.3. The van der Waals surface area contributed by atoms with Crippen LogP contribution in [0.4, 0.5) is 5.95 Å². The predicted molar refractivity (Wildman–Crippen MR) is 139 cm³/mol.